The second-order valence-corrected chi connectivity index (χ2v) is 5.15. The lowest BCUT2D eigenvalue weighted by molar-refractivity contribution is 0.512. The zero-order chi connectivity index (χ0) is 12.3. The van der Waals surface area contributed by atoms with Crippen molar-refractivity contribution in [3.8, 4) is 12.1 Å². The van der Waals surface area contributed by atoms with Crippen molar-refractivity contribution >= 4 is 11.8 Å². The maximum absolute atomic E-state index is 9.07. The van der Waals surface area contributed by atoms with E-state index in [1.807, 2.05) is 13.8 Å². The number of thioether (sulfide) groups is 1. The Morgan fingerprint density at radius 3 is 1.94 bits per heavy atom. The van der Waals surface area contributed by atoms with Gasteiger partial charge >= 0.3 is 0 Å². The van der Waals surface area contributed by atoms with E-state index in [9.17, 15) is 0 Å². The molecular weight excluding hydrogens is 220 g/mol. The van der Waals surface area contributed by atoms with Crippen LogP contribution in [0.1, 0.15) is 20.3 Å². The van der Waals surface area contributed by atoms with Crippen molar-refractivity contribution in [1.82, 2.24) is 0 Å². The Morgan fingerprint density at radius 2 is 1.62 bits per heavy atom. The lowest BCUT2D eigenvalue weighted by Gasteiger charge is -2.24. The molecule has 84 valence electrons. The van der Waals surface area contributed by atoms with Crippen LogP contribution < -0.4 is 11.5 Å². The Balaban J connectivity index is 3.17. The second kappa shape index (κ2) is 4.96. The average molecular weight is 234 g/mol. The van der Waals surface area contributed by atoms with Gasteiger partial charge in [-0.15, -0.1) is 0 Å². The highest BCUT2D eigenvalue weighted by Crippen LogP contribution is 2.39. The molecule has 4 N–H and O–H groups in total. The highest BCUT2D eigenvalue weighted by Gasteiger charge is 2.29. The largest absolute Gasteiger partial charge is 0.392 e. The predicted octanol–water partition coefficient (Wildman–Crippen LogP) is 1.78. The van der Waals surface area contributed by atoms with E-state index < -0.39 is 0 Å². The first-order valence-electron chi connectivity index (χ1n) is 4.98. The van der Waals surface area contributed by atoms with E-state index in [-0.39, 0.29) is 5.92 Å². The van der Waals surface area contributed by atoms with Gasteiger partial charge in [0.05, 0.1) is 33.3 Å². The highest BCUT2D eigenvalue weighted by molar-refractivity contribution is 8.06. The van der Waals surface area contributed by atoms with Crippen molar-refractivity contribution in [1.29, 1.82) is 10.5 Å². The van der Waals surface area contributed by atoms with Gasteiger partial charge in [-0.3, -0.25) is 0 Å². The van der Waals surface area contributed by atoms with Crippen LogP contribution >= 0.6 is 11.8 Å². The van der Waals surface area contributed by atoms with Crippen LogP contribution in [0.15, 0.2) is 21.2 Å². The molecule has 0 unspecified atom stereocenters. The molecule has 0 spiro atoms. The summed E-state index contributed by atoms with van der Waals surface area (Å²) in [6.45, 7) is 4.08. The van der Waals surface area contributed by atoms with Crippen molar-refractivity contribution < 1.29 is 0 Å². The van der Waals surface area contributed by atoms with Gasteiger partial charge in [0.1, 0.15) is 0 Å². The number of hydrogen-bond donors (Lipinski definition) is 2. The Hall–Kier alpha value is -1.59. The van der Waals surface area contributed by atoms with Crippen LogP contribution in [0.3, 0.4) is 0 Å². The van der Waals surface area contributed by atoms with Crippen LogP contribution in [0.2, 0.25) is 0 Å². The van der Waals surface area contributed by atoms with Crippen molar-refractivity contribution in [3.05, 3.63) is 21.2 Å². The van der Waals surface area contributed by atoms with Gasteiger partial charge in [-0.1, -0.05) is 25.6 Å². The van der Waals surface area contributed by atoms with E-state index in [4.69, 9.17) is 22.0 Å². The van der Waals surface area contributed by atoms with E-state index in [0.29, 0.717) is 33.5 Å². The highest BCUT2D eigenvalue weighted by atomic mass is 32.2. The SMILES string of the molecule is CC(C)CC1C(C#N)=C(N)SC(N)=C1C#N. The molecule has 0 aromatic heterocycles. The maximum atomic E-state index is 9.07. The third-order valence-electron chi connectivity index (χ3n) is 2.40. The quantitative estimate of drug-likeness (QED) is 0.758. The first kappa shape index (κ1) is 12.5. The summed E-state index contributed by atoms with van der Waals surface area (Å²) in [6.07, 6.45) is 0.716. The maximum Gasteiger partial charge on any atom is 0.0981 e. The van der Waals surface area contributed by atoms with Gasteiger partial charge in [0.25, 0.3) is 0 Å². The van der Waals surface area contributed by atoms with Crippen molar-refractivity contribution in [2.75, 3.05) is 0 Å². The Kier molecular flexibility index (Phi) is 3.87. The van der Waals surface area contributed by atoms with Crippen molar-refractivity contribution in [2.45, 2.75) is 20.3 Å². The number of nitrogens with two attached hydrogens (primary N) is 2. The number of rotatable bonds is 2. The van der Waals surface area contributed by atoms with Crippen molar-refractivity contribution in [3.63, 3.8) is 0 Å². The minimum absolute atomic E-state index is 0.240. The van der Waals surface area contributed by atoms with Crippen LogP contribution in [0.25, 0.3) is 0 Å². The molecule has 0 fully saturated rings. The molecule has 5 heteroatoms. The molecule has 0 bridgehead atoms. The molecule has 0 saturated carbocycles. The molecule has 0 amide bonds. The molecule has 0 aliphatic carbocycles. The summed E-state index contributed by atoms with van der Waals surface area (Å²) in [6, 6.07) is 4.17. The fourth-order valence-electron chi connectivity index (χ4n) is 1.69. The fourth-order valence-corrected chi connectivity index (χ4v) is 2.52. The van der Waals surface area contributed by atoms with Gasteiger partial charge in [-0.25, -0.2) is 0 Å². The zero-order valence-electron chi connectivity index (χ0n) is 9.32. The van der Waals surface area contributed by atoms with E-state index in [2.05, 4.69) is 12.1 Å². The van der Waals surface area contributed by atoms with Gasteiger partial charge in [-0.05, 0) is 12.3 Å². The smallest absolute Gasteiger partial charge is 0.0981 e. The van der Waals surface area contributed by atoms with Crippen LogP contribution in [0.4, 0.5) is 0 Å². The monoisotopic (exact) mass is 234 g/mol. The molecule has 0 atom stereocenters. The molecular formula is C11H14N4S. The number of allylic oxidation sites excluding steroid dienone is 2. The van der Waals surface area contributed by atoms with Crippen LogP contribution in [0, 0.1) is 34.5 Å². The molecule has 4 nitrogen and oxygen atoms in total. The van der Waals surface area contributed by atoms with Gasteiger partial charge in [-0.2, -0.15) is 10.5 Å². The minimum atomic E-state index is -0.240. The fraction of sp³-hybridized carbons (Fsp3) is 0.455. The molecule has 1 rings (SSSR count). The van der Waals surface area contributed by atoms with Crippen LogP contribution in [-0.4, -0.2) is 0 Å². The molecule has 16 heavy (non-hydrogen) atoms. The number of hydrogen-bond acceptors (Lipinski definition) is 5. The molecule has 1 aliphatic rings. The molecule has 0 aromatic carbocycles. The number of nitriles is 2. The van der Waals surface area contributed by atoms with Gasteiger partial charge < -0.3 is 11.5 Å². The van der Waals surface area contributed by atoms with Crippen LogP contribution in [-0.2, 0) is 0 Å². The normalized spacial score (nSPS) is 17.6. The summed E-state index contributed by atoms with van der Waals surface area (Å²) >= 11 is 1.11. The standard InChI is InChI=1S/C11H14N4S/c1-6(2)3-7-8(4-12)10(14)16-11(15)9(7)5-13/h6-7H,3,14-15H2,1-2H3. The minimum Gasteiger partial charge on any atom is -0.392 e. The summed E-state index contributed by atoms with van der Waals surface area (Å²) in [5.41, 5.74) is 12.5. The Bertz CT molecular complexity index is 398. The van der Waals surface area contributed by atoms with Gasteiger partial charge in [0, 0.05) is 5.92 Å². The molecule has 0 radical (unpaired) electrons. The topological polar surface area (TPSA) is 99.6 Å². The Labute approximate surface area is 99.6 Å². The average Bonchev–Trinajstić information content (AvgIpc) is 2.17. The molecule has 1 heterocycles. The summed E-state index contributed by atoms with van der Waals surface area (Å²) in [7, 11) is 0. The zero-order valence-corrected chi connectivity index (χ0v) is 10.1. The third-order valence-corrected chi connectivity index (χ3v) is 3.28. The summed E-state index contributed by atoms with van der Waals surface area (Å²) in [5.74, 6) is 0.136. The van der Waals surface area contributed by atoms with Gasteiger partial charge in [0.15, 0.2) is 0 Å². The van der Waals surface area contributed by atoms with Crippen molar-refractivity contribution in [2.24, 2.45) is 23.3 Å². The third kappa shape index (κ3) is 2.32. The van der Waals surface area contributed by atoms with E-state index in [1.54, 1.807) is 0 Å². The summed E-state index contributed by atoms with van der Waals surface area (Å²) in [5, 5.41) is 19.0. The summed E-state index contributed by atoms with van der Waals surface area (Å²) in [4.78, 5) is 0. The predicted molar refractivity (Wildman–Crippen MR) is 64.2 cm³/mol. The Morgan fingerprint density at radius 1 is 1.19 bits per heavy atom. The first-order valence-corrected chi connectivity index (χ1v) is 5.80. The second-order valence-electron chi connectivity index (χ2n) is 4.06. The molecule has 0 saturated heterocycles. The molecule has 0 aromatic rings. The first-order chi connectivity index (χ1) is 7.51. The van der Waals surface area contributed by atoms with E-state index in [1.165, 1.54) is 0 Å². The molecule has 1 aliphatic heterocycles. The van der Waals surface area contributed by atoms with Crippen LogP contribution in [0.5, 0.6) is 0 Å². The lowest BCUT2D eigenvalue weighted by Crippen LogP contribution is -2.20. The lowest BCUT2D eigenvalue weighted by atomic mass is 9.85. The van der Waals surface area contributed by atoms with E-state index >= 15 is 0 Å². The summed E-state index contributed by atoms with van der Waals surface area (Å²) < 4.78 is 0. The van der Waals surface area contributed by atoms with Gasteiger partial charge in [0.2, 0.25) is 0 Å². The number of nitrogens with zero attached hydrogens (tertiary/aromatic N) is 2. The van der Waals surface area contributed by atoms with E-state index in [0.717, 1.165) is 11.8 Å².